The molecular formula is C14H15N3O3. The van der Waals surface area contributed by atoms with Gasteiger partial charge < -0.3 is 15.4 Å². The minimum absolute atomic E-state index is 0.315. The van der Waals surface area contributed by atoms with E-state index in [9.17, 15) is 9.59 Å². The number of pyridine rings is 1. The molecule has 20 heavy (non-hydrogen) atoms. The molecule has 1 aromatic carbocycles. The lowest BCUT2D eigenvalue weighted by Gasteiger charge is -2.10. The van der Waals surface area contributed by atoms with Crippen molar-refractivity contribution in [2.45, 2.75) is 6.92 Å². The Bertz CT molecular complexity index is 655. The van der Waals surface area contributed by atoms with Crippen LogP contribution in [0.25, 0.3) is 10.8 Å². The van der Waals surface area contributed by atoms with Crippen molar-refractivity contribution in [3.8, 4) is 0 Å². The molecule has 0 saturated carbocycles. The number of methoxy groups -OCH3 is 1. The van der Waals surface area contributed by atoms with Gasteiger partial charge in [-0.25, -0.2) is 9.59 Å². The number of urea groups is 1. The van der Waals surface area contributed by atoms with Gasteiger partial charge in [0.2, 0.25) is 0 Å². The fourth-order valence-electron chi connectivity index (χ4n) is 1.91. The van der Waals surface area contributed by atoms with Gasteiger partial charge in [0.1, 0.15) is 0 Å². The first-order chi connectivity index (χ1) is 9.67. The molecule has 0 aliphatic heterocycles. The van der Waals surface area contributed by atoms with Crippen LogP contribution in [0, 0.1) is 0 Å². The number of nitrogens with one attached hydrogen (secondary N) is 2. The van der Waals surface area contributed by atoms with E-state index >= 15 is 0 Å². The second-order valence-corrected chi connectivity index (χ2v) is 4.06. The van der Waals surface area contributed by atoms with Crippen molar-refractivity contribution < 1.29 is 14.3 Å². The molecule has 0 saturated heterocycles. The first-order valence-electron chi connectivity index (χ1n) is 6.17. The summed E-state index contributed by atoms with van der Waals surface area (Å²) in [6.07, 6.45) is 3.11. The van der Waals surface area contributed by atoms with Gasteiger partial charge in [-0.15, -0.1) is 0 Å². The molecule has 0 unspecified atom stereocenters. The molecule has 2 rings (SSSR count). The molecule has 6 heteroatoms. The molecule has 0 spiro atoms. The summed E-state index contributed by atoms with van der Waals surface area (Å²) < 4.78 is 4.74. The van der Waals surface area contributed by atoms with Crippen LogP contribution in [-0.4, -0.2) is 30.6 Å². The van der Waals surface area contributed by atoms with Crippen molar-refractivity contribution in [3.63, 3.8) is 0 Å². The Kier molecular flexibility index (Phi) is 4.14. The number of anilines is 1. The molecule has 0 fully saturated rings. The number of amides is 2. The van der Waals surface area contributed by atoms with Gasteiger partial charge in [0.05, 0.1) is 24.6 Å². The summed E-state index contributed by atoms with van der Waals surface area (Å²) in [6, 6.07) is 4.89. The van der Waals surface area contributed by atoms with Crippen molar-refractivity contribution in [3.05, 3.63) is 36.2 Å². The average Bonchev–Trinajstić information content (AvgIpc) is 2.46. The Hall–Kier alpha value is -2.63. The van der Waals surface area contributed by atoms with Crippen LogP contribution in [0.15, 0.2) is 30.6 Å². The van der Waals surface area contributed by atoms with Gasteiger partial charge in [-0.05, 0) is 13.0 Å². The second-order valence-electron chi connectivity index (χ2n) is 4.06. The fraction of sp³-hybridized carbons (Fsp3) is 0.214. The normalized spacial score (nSPS) is 10.1. The maximum Gasteiger partial charge on any atom is 0.338 e. The first-order valence-corrected chi connectivity index (χ1v) is 6.17. The van der Waals surface area contributed by atoms with E-state index in [1.165, 1.54) is 7.11 Å². The number of ether oxygens (including phenoxy) is 1. The minimum Gasteiger partial charge on any atom is -0.465 e. The number of hydrogen-bond donors (Lipinski definition) is 2. The third-order valence-corrected chi connectivity index (χ3v) is 2.79. The SMILES string of the molecule is CCNC(=O)Nc1cncc2c(C(=O)OC)cccc12. The highest BCUT2D eigenvalue weighted by Gasteiger charge is 2.13. The Balaban J connectivity index is 2.48. The van der Waals surface area contributed by atoms with Crippen LogP contribution in [0.1, 0.15) is 17.3 Å². The fourth-order valence-corrected chi connectivity index (χ4v) is 1.91. The van der Waals surface area contributed by atoms with E-state index in [0.717, 1.165) is 5.39 Å². The highest BCUT2D eigenvalue weighted by atomic mass is 16.5. The summed E-state index contributed by atoms with van der Waals surface area (Å²) in [4.78, 5) is 27.4. The quantitative estimate of drug-likeness (QED) is 0.840. The largest absolute Gasteiger partial charge is 0.465 e. The zero-order valence-corrected chi connectivity index (χ0v) is 11.3. The van der Waals surface area contributed by atoms with Crippen LogP contribution in [0.2, 0.25) is 0 Å². The second kappa shape index (κ2) is 6.01. The van der Waals surface area contributed by atoms with Crippen molar-refractivity contribution in [1.82, 2.24) is 10.3 Å². The molecule has 0 aliphatic rings. The average molecular weight is 273 g/mol. The van der Waals surface area contributed by atoms with Gasteiger partial charge in [-0.2, -0.15) is 0 Å². The lowest BCUT2D eigenvalue weighted by molar-refractivity contribution is 0.0603. The maximum atomic E-state index is 11.7. The lowest BCUT2D eigenvalue weighted by atomic mass is 10.1. The summed E-state index contributed by atoms with van der Waals surface area (Å²) in [6.45, 7) is 2.35. The number of rotatable bonds is 3. The van der Waals surface area contributed by atoms with E-state index in [-0.39, 0.29) is 6.03 Å². The third-order valence-electron chi connectivity index (χ3n) is 2.79. The van der Waals surface area contributed by atoms with E-state index < -0.39 is 5.97 Å². The molecular weight excluding hydrogens is 258 g/mol. The number of esters is 1. The molecule has 2 aromatic rings. The predicted molar refractivity (Wildman–Crippen MR) is 75.8 cm³/mol. The zero-order chi connectivity index (χ0) is 14.5. The lowest BCUT2D eigenvalue weighted by Crippen LogP contribution is -2.28. The van der Waals surface area contributed by atoms with Gasteiger partial charge in [0.15, 0.2) is 0 Å². The van der Waals surface area contributed by atoms with E-state index in [2.05, 4.69) is 15.6 Å². The Morgan fingerprint density at radius 2 is 2.05 bits per heavy atom. The van der Waals surface area contributed by atoms with Gasteiger partial charge in [0.25, 0.3) is 0 Å². The maximum absolute atomic E-state index is 11.7. The standard InChI is InChI=1S/C14H15N3O3/c1-3-16-14(19)17-12-8-15-7-11-9(12)5-4-6-10(11)13(18)20-2/h4-8H,3H2,1-2H3,(H2,16,17,19). The summed E-state index contributed by atoms with van der Waals surface area (Å²) in [5.41, 5.74) is 0.955. The van der Waals surface area contributed by atoms with Gasteiger partial charge in [-0.3, -0.25) is 4.98 Å². The highest BCUT2D eigenvalue weighted by Crippen LogP contribution is 2.25. The number of carbonyl (C=O) groups is 2. The zero-order valence-electron chi connectivity index (χ0n) is 11.3. The number of hydrogen-bond acceptors (Lipinski definition) is 4. The number of aromatic nitrogens is 1. The van der Waals surface area contributed by atoms with Crippen molar-refractivity contribution >= 4 is 28.5 Å². The monoisotopic (exact) mass is 273 g/mol. The minimum atomic E-state index is -0.437. The molecule has 1 aromatic heterocycles. The Morgan fingerprint density at radius 3 is 2.75 bits per heavy atom. The molecule has 0 atom stereocenters. The van der Waals surface area contributed by atoms with E-state index in [4.69, 9.17) is 4.74 Å². The van der Waals surface area contributed by atoms with Crippen LogP contribution in [-0.2, 0) is 4.74 Å². The number of carbonyl (C=O) groups excluding carboxylic acids is 2. The molecule has 2 N–H and O–H groups in total. The number of fused-ring (bicyclic) bond motifs is 1. The van der Waals surface area contributed by atoms with Crippen LogP contribution < -0.4 is 10.6 Å². The number of benzene rings is 1. The van der Waals surface area contributed by atoms with E-state index in [1.54, 1.807) is 24.5 Å². The van der Waals surface area contributed by atoms with Crippen LogP contribution in [0.4, 0.5) is 10.5 Å². The molecule has 0 radical (unpaired) electrons. The number of nitrogens with zero attached hydrogens (tertiary/aromatic N) is 1. The van der Waals surface area contributed by atoms with Gasteiger partial charge in [0, 0.05) is 23.5 Å². The van der Waals surface area contributed by atoms with Crippen molar-refractivity contribution in [1.29, 1.82) is 0 Å². The van der Waals surface area contributed by atoms with E-state index in [0.29, 0.717) is 23.2 Å². The van der Waals surface area contributed by atoms with Crippen LogP contribution in [0.3, 0.4) is 0 Å². The van der Waals surface area contributed by atoms with Crippen molar-refractivity contribution in [2.75, 3.05) is 19.0 Å². The summed E-state index contributed by atoms with van der Waals surface area (Å²) in [7, 11) is 1.32. The molecule has 0 aliphatic carbocycles. The topological polar surface area (TPSA) is 80.3 Å². The molecule has 2 amide bonds. The summed E-state index contributed by atoms with van der Waals surface area (Å²) >= 11 is 0. The third kappa shape index (κ3) is 2.69. The molecule has 1 heterocycles. The van der Waals surface area contributed by atoms with E-state index in [1.807, 2.05) is 13.0 Å². The first kappa shape index (κ1) is 13.8. The molecule has 0 bridgehead atoms. The van der Waals surface area contributed by atoms with Crippen LogP contribution in [0.5, 0.6) is 0 Å². The molecule has 6 nitrogen and oxygen atoms in total. The van der Waals surface area contributed by atoms with Crippen molar-refractivity contribution in [2.24, 2.45) is 0 Å². The van der Waals surface area contributed by atoms with Gasteiger partial charge >= 0.3 is 12.0 Å². The Morgan fingerprint density at radius 1 is 1.25 bits per heavy atom. The molecule has 104 valence electrons. The van der Waals surface area contributed by atoms with Gasteiger partial charge in [-0.1, -0.05) is 12.1 Å². The highest BCUT2D eigenvalue weighted by molar-refractivity contribution is 6.09. The summed E-state index contributed by atoms with van der Waals surface area (Å²) in [5.74, 6) is -0.437. The summed E-state index contributed by atoms with van der Waals surface area (Å²) in [5, 5.41) is 6.71. The smallest absolute Gasteiger partial charge is 0.338 e. The predicted octanol–water partition coefficient (Wildman–Crippen LogP) is 2.16. The Labute approximate surface area is 116 Å². The van der Waals surface area contributed by atoms with Crippen LogP contribution >= 0.6 is 0 Å².